The Morgan fingerprint density at radius 3 is 2.44 bits per heavy atom. The normalized spacial score (nSPS) is 21.0. The van der Waals surface area contributed by atoms with E-state index in [1.165, 1.54) is 0 Å². The number of nitrogens with one attached hydrogen (secondary N) is 1. The SMILES string of the molecule is CCC1CN(C(=O)C(C)(C)C)CCC1CC(=O)NCc1ccccc1. The number of hydrogen-bond acceptors (Lipinski definition) is 2. The Balaban J connectivity index is 1.86. The van der Waals surface area contributed by atoms with Gasteiger partial charge in [-0.2, -0.15) is 0 Å². The molecule has 0 aliphatic carbocycles. The molecule has 1 aliphatic rings. The molecule has 2 rings (SSSR count). The molecule has 1 heterocycles. The zero-order valence-electron chi connectivity index (χ0n) is 16.0. The predicted octanol–water partition coefficient (Wildman–Crippen LogP) is 3.61. The number of benzene rings is 1. The topological polar surface area (TPSA) is 49.4 Å². The van der Waals surface area contributed by atoms with Crippen molar-refractivity contribution in [3.63, 3.8) is 0 Å². The fourth-order valence-electron chi connectivity index (χ4n) is 3.58. The second kappa shape index (κ2) is 8.50. The van der Waals surface area contributed by atoms with Crippen molar-refractivity contribution < 1.29 is 9.59 Å². The van der Waals surface area contributed by atoms with Crippen LogP contribution in [0.15, 0.2) is 30.3 Å². The van der Waals surface area contributed by atoms with E-state index in [2.05, 4.69) is 12.2 Å². The number of amides is 2. The molecule has 0 radical (unpaired) electrons. The molecule has 2 atom stereocenters. The van der Waals surface area contributed by atoms with Gasteiger partial charge in [-0.15, -0.1) is 0 Å². The van der Waals surface area contributed by atoms with Gasteiger partial charge in [0.1, 0.15) is 0 Å². The van der Waals surface area contributed by atoms with E-state index in [0.717, 1.165) is 31.5 Å². The lowest BCUT2D eigenvalue weighted by molar-refractivity contribution is -0.142. The van der Waals surface area contributed by atoms with Crippen molar-refractivity contribution in [2.45, 2.75) is 53.5 Å². The summed E-state index contributed by atoms with van der Waals surface area (Å²) in [5, 5.41) is 3.03. The Morgan fingerprint density at radius 2 is 1.84 bits per heavy atom. The van der Waals surface area contributed by atoms with Crippen LogP contribution in [0.3, 0.4) is 0 Å². The van der Waals surface area contributed by atoms with Gasteiger partial charge in [-0.25, -0.2) is 0 Å². The summed E-state index contributed by atoms with van der Waals surface area (Å²) >= 11 is 0. The highest BCUT2D eigenvalue weighted by molar-refractivity contribution is 5.81. The Morgan fingerprint density at radius 1 is 1.16 bits per heavy atom. The van der Waals surface area contributed by atoms with E-state index < -0.39 is 0 Å². The number of nitrogens with zero attached hydrogens (tertiary/aromatic N) is 1. The van der Waals surface area contributed by atoms with Gasteiger partial charge in [0, 0.05) is 31.5 Å². The third-order valence-electron chi connectivity index (χ3n) is 5.12. The Kier molecular flexibility index (Phi) is 6.63. The lowest BCUT2D eigenvalue weighted by atomic mass is 9.80. The van der Waals surface area contributed by atoms with Gasteiger partial charge >= 0.3 is 0 Å². The van der Waals surface area contributed by atoms with Crippen LogP contribution in [-0.4, -0.2) is 29.8 Å². The molecule has 2 amide bonds. The third-order valence-corrected chi connectivity index (χ3v) is 5.12. The van der Waals surface area contributed by atoms with Crippen LogP contribution in [0.4, 0.5) is 0 Å². The first kappa shape index (κ1) is 19.5. The zero-order valence-corrected chi connectivity index (χ0v) is 16.0. The van der Waals surface area contributed by atoms with Gasteiger partial charge in [-0.1, -0.05) is 64.4 Å². The lowest BCUT2D eigenvalue weighted by Crippen LogP contribution is -2.48. The number of carbonyl (C=O) groups excluding carboxylic acids is 2. The summed E-state index contributed by atoms with van der Waals surface area (Å²) in [5.41, 5.74) is 0.784. The van der Waals surface area contributed by atoms with E-state index in [1.807, 2.05) is 56.0 Å². The molecule has 4 heteroatoms. The van der Waals surface area contributed by atoms with Crippen molar-refractivity contribution >= 4 is 11.8 Å². The Hall–Kier alpha value is -1.84. The second-order valence-electron chi connectivity index (χ2n) is 8.18. The summed E-state index contributed by atoms with van der Waals surface area (Å²) in [4.78, 5) is 26.8. The number of hydrogen-bond donors (Lipinski definition) is 1. The smallest absolute Gasteiger partial charge is 0.227 e. The molecule has 1 saturated heterocycles. The zero-order chi connectivity index (χ0) is 18.4. The largest absolute Gasteiger partial charge is 0.352 e. The minimum atomic E-state index is -0.335. The van der Waals surface area contributed by atoms with Crippen molar-refractivity contribution in [1.29, 1.82) is 0 Å². The van der Waals surface area contributed by atoms with Gasteiger partial charge in [0.15, 0.2) is 0 Å². The number of likely N-dealkylation sites (tertiary alicyclic amines) is 1. The molecule has 1 aliphatic heterocycles. The highest BCUT2D eigenvalue weighted by atomic mass is 16.2. The summed E-state index contributed by atoms with van der Waals surface area (Å²) < 4.78 is 0. The van der Waals surface area contributed by atoms with Gasteiger partial charge < -0.3 is 10.2 Å². The fourth-order valence-corrected chi connectivity index (χ4v) is 3.58. The van der Waals surface area contributed by atoms with Gasteiger partial charge in [0.2, 0.25) is 11.8 Å². The molecule has 4 nitrogen and oxygen atoms in total. The molecule has 0 spiro atoms. The van der Waals surface area contributed by atoms with Crippen molar-refractivity contribution in [2.24, 2.45) is 17.3 Å². The van der Waals surface area contributed by atoms with Crippen LogP contribution >= 0.6 is 0 Å². The van der Waals surface area contributed by atoms with Crippen LogP contribution in [0.1, 0.15) is 52.5 Å². The average Bonchev–Trinajstić information content (AvgIpc) is 2.59. The molecule has 1 N–H and O–H groups in total. The molecule has 2 unspecified atom stereocenters. The van der Waals surface area contributed by atoms with Crippen LogP contribution in [0.2, 0.25) is 0 Å². The molecule has 1 fully saturated rings. The van der Waals surface area contributed by atoms with E-state index in [-0.39, 0.29) is 17.2 Å². The van der Waals surface area contributed by atoms with Crippen molar-refractivity contribution in [3.05, 3.63) is 35.9 Å². The highest BCUT2D eigenvalue weighted by Gasteiger charge is 2.35. The summed E-state index contributed by atoms with van der Waals surface area (Å²) in [6, 6.07) is 9.98. The van der Waals surface area contributed by atoms with Crippen molar-refractivity contribution in [1.82, 2.24) is 10.2 Å². The molecule has 1 aromatic rings. The Bertz CT molecular complexity index is 577. The quantitative estimate of drug-likeness (QED) is 0.887. The molecular weight excluding hydrogens is 312 g/mol. The van der Waals surface area contributed by atoms with Gasteiger partial charge in [-0.05, 0) is 23.8 Å². The Labute approximate surface area is 152 Å². The van der Waals surface area contributed by atoms with Crippen LogP contribution in [0.5, 0.6) is 0 Å². The van der Waals surface area contributed by atoms with Crippen LogP contribution < -0.4 is 5.32 Å². The maximum absolute atomic E-state index is 12.5. The second-order valence-corrected chi connectivity index (χ2v) is 8.18. The minimum absolute atomic E-state index is 0.114. The van der Waals surface area contributed by atoms with Crippen LogP contribution in [0.25, 0.3) is 0 Å². The van der Waals surface area contributed by atoms with E-state index in [4.69, 9.17) is 0 Å². The first-order chi connectivity index (χ1) is 11.8. The molecule has 0 saturated carbocycles. The maximum Gasteiger partial charge on any atom is 0.227 e. The maximum atomic E-state index is 12.5. The standard InChI is InChI=1S/C21H32N2O2/c1-5-17-15-23(20(25)21(2,3)4)12-11-18(17)13-19(24)22-14-16-9-7-6-8-10-16/h6-10,17-18H,5,11-15H2,1-4H3,(H,22,24). The number of carbonyl (C=O) groups is 2. The van der Waals surface area contributed by atoms with Crippen molar-refractivity contribution in [2.75, 3.05) is 13.1 Å². The van der Waals surface area contributed by atoms with Gasteiger partial charge in [0.05, 0.1) is 0 Å². The number of rotatable bonds is 5. The van der Waals surface area contributed by atoms with Gasteiger partial charge in [-0.3, -0.25) is 9.59 Å². The molecule has 1 aromatic carbocycles. The summed E-state index contributed by atoms with van der Waals surface area (Å²) in [6.45, 7) is 10.2. The van der Waals surface area contributed by atoms with Gasteiger partial charge in [0.25, 0.3) is 0 Å². The molecule has 0 aromatic heterocycles. The minimum Gasteiger partial charge on any atom is -0.352 e. The molecular formula is C21H32N2O2. The molecule has 0 bridgehead atoms. The van der Waals surface area contributed by atoms with Crippen molar-refractivity contribution in [3.8, 4) is 0 Å². The molecule has 138 valence electrons. The monoisotopic (exact) mass is 344 g/mol. The molecule has 25 heavy (non-hydrogen) atoms. The van der Waals surface area contributed by atoms with E-state index in [1.54, 1.807) is 0 Å². The van der Waals surface area contributed by atoms with Crippen LogP contribution in [0, 0.1) is 17.3 Å². The summed E-state index contributed by atoms with van der Waals surface area (Å²) in [7, 11) is 0. The van der Waals surface area contributed by atoms with E-state index >= 15 is 0 Å². The average molecular weight is 344 g/mol. The number of piperidine rings is 1. The first-order valence-electron chi connectivity index (χ1n) is 9.41. The third kappa shape index (κ3) is 5.58. The first-order valence-corrected chi connectivity index (χ1v) is 9.41. The lowest BCUT2D eigenvalue weighted by Gasteiger charge is -2.40. The highest BCUT2D eigenvalue weighted by Crippen LogP contribution is 2.31. The summed E-state index contributed by atoms with van der Waals surface area (Å²) in [6.07, 6.45) is 2.48. The summed E-state index contributed by atoms with van der Waals surface area (Å²) in [5.74, 6) is 1.10. The van der Waals surface area contributed by atoms with Crippen LogP contribution in [-0.2, 0) is 16.1 Å². The fraction of sp³-hybridized carbons (Fsp3) is 0.619. The van der Waals surface area contributed by atoms with E-state index in [9.17, 15) is 9.59 Å². The predicted molar refractivity (Wildman–Crippen MR) is 101 cm³/mol. The van der Waals surface area contributed by atoms with E-state index in [0.29, 0.717) is 24.8 Å².